The highest BCUT2D eigenvalue weighted by Gasteiger charge is 2.24. The van der Waals surface area contributed by atoms with Gasteiger partial charge in [0, 0.05) is 31.1 Å². The topological polar surface area (TPSA) is 53.4 Å². The van der Waals surface area contributed by atoms with E-state index in [1.165, 1.54) is 0 Å². The molecule has 1 saturated heterocycles. The van der Waals surface area contributed by atoms with Crippen LogP contribution in [0.3, 0.4) is 0 Å². The second-order valence-corrected chi connectivity index (χ2v) is 4.72. The molecule has 0 radical (unpaired) electrons. The van der Waals surface area contributed by atoms with E-state index in [4.69, 9.17) is 5.11 Å². The van der Waals surface area contributed by atoms with Gasteiger partial charge in [0.15, 0.2) is 5.13 Å². The highest BCUT2D eigenvalue weighted by Crippen LogP contribution is 2.27. The fourth-order valence-corrected chi connectivity index (χ4v) is 2.62. The van der Waals surface area contributed by atoms with Gasteiger partial charge in [0.25, 0.3) is 0 Å². The summed E-state index contributed by atoms with van der Waals surface area (Å²) in [5.74, 6) is -0.173. The molecule has 82 valence electrons. The first kappa shape index (κ1) is 10.4. The molecule has 0 aliphatic carbocycles. The zero-order valence-corrected chi connectivity index (χ0v) is 9.24. The number of carbonyl (C=O) groups is 1. The molecule has 1 aliphatic rings. The summed E-state index contributed by atoms with van der Waals surface area (Å²) in [6, 6.07) is 0. The predicted octanol–water partition coefficient (Wildman–Crippen LogP) is 1.83. The summed E-state index contributed by atoms with van der Waals surface area (Å²) in [7, 11) is 0. The van der Waals surface area contributed by atoms with Gasteiger partial charge in [-0.3, -0.25) is 4.79 Å². The van der Waals surface area contributed by atoms with Crippen LogP contribution in [0.5, 0.6) is 0 Å². The van der Waals surface area contributed by atoms with E-state index >= 15 is 0 Å². The molecule has 1 aliphatic heterocycles. The lowest BCUT2D eigenvalue weighted by Crippen LogP contribution is -2.19. The quantitative estimate of drug-likeness (QED) is 0.851. The minimum absolute atomic E-state index is 0.288. The summed E-state index contributed by atoms with van der Waals surface area (Å²) in [6.45, 7) is 1.97. The van der Waals surface area contributed by atoms with Gasteiger partial charge in [-0.25, -0.2) is 4.98 Å². The molecular formula is C10H14N2O2S. The molecule has 2 rings (SSSR count). The molecule has 0 bridgehead atoms. The molecule has 1 aromatic rings. The van der Waals surface area contributed by atoms with Crippen LogP contribution in [-0.4, -0.2) is 29.1 Å². The lowest BCUT2D eigenvalue weighted by molar-refractivity contribution is -0.137. The van der Waals surface area contributed by atoms with Gasteiger partial charge in [0.1, 0.15) is 0 Å². The first-order chi connectivity index (χ1) is 7.25. The van der Waals surface area contributed by atoms with Crippen LogP contribution in [0, 0.1) is 5.92 Å². The monoisotopic (exact) mass is 226 g/mol. The molecule has 5 heteroatoms. The van der Waals surface area contributed by atoms with Crippen LogP contribution in [-0.2, 0) is 4.79 Å². The third kappa shape index (κ3) is 2.68. The second-order valence-electron chi connectivity index (χ2n) is 3.85. The zero-order valence-electron chi connectivity index (χ0n) is 8.43. The predicted molar refractivity (Wildman–Crippen MR) is 59.3 cm³/mol. The molecule has 1 aromatic heterocycles. The maximum Gasteiger partial charge on any atom is 0.303 e. The number of nitrogens with zero attached hydrogens (tertiary/aromatic N) is 2. The largest absolute Gasteiger partial charge is 0.481 e. The summed E-state index contributed by atoms with van der Waals surface area (Å²) in [5, 5.41) is 11.6. The van der Waals surface area contributed by atoms with Crippen LogP contribution in [0.25, 0.3) is 0 Å². The number of thiazole rings is 1. The van der Waals surface area contributed by atoms with E-state index in [9.17, 15) is 4.79 Å². The maximum absolute atomic E-state index is 10.4. The summed E-state index contributed by atoms with van der Waals surface area (Å²) >= 11 is 1.65. The van der Waals surface area contributed by atoms with E-state index in [2.05, 4.69) is 9.88 Å². The van der Waals surface area contributed by atoms with Crippen molar-refractivity contribution in [2.24, 2.45) is 5.92 Å². The van der Waals surface area contributed by atoms with Crippen LogP contribution in [0.1, 0.15) is 19.3 Å². The third-order valence-corrected chi connectivity index (χ3v) is 3.57. The van der Waals surface area contributed by atoms with Gasteiger partial charge in [-0.15, -0.1) is 11.3 Å². The van der Waals surface area contributed by atoms with Crippen LogP contribution in [0.2, 0.25) is 0 Å². The van der Waals surface area contributed by atoms with Crippen LogP contribution in [0.4, 0.5) is 5.13 Å². The minimum atomic E-state index is -0.692. The van der Waals surface area contributed by atoms with Crippen molar-refractivity contribution in [1.82, 2.24) is 4.98 Å². The Morgan fingerprint density at radius 1 is 1.73 bits per heavy atom. The van der Waals surface area contributed by atoms with Gasteiger partial charge >= 0.3 is 5.97 Å². The Morgan fingerprint density at radius 3 is 3.27 bits per heavy atom. The fourth-order valence-electron chi connectivity index (χ4n) is 1.94. The third-order valence-electron chi connectivity index (χ3n) is 2.74. The Labute approximate surface area is 92.6 Å². The van der Waals surface area contributed by atoms with Gasteiger partial charge in [0.2, 0.25) is 0 Å². The van der Waals surface area contributed by atoms with Gasteiger partial charge in [-0.05, 0) is 18.8 Å². The van der Waals surface area contributed by atoms with Gasteiger partial charge in [-0.2, -0.15) is 0 Å². The number of carboxylic acids is 1. The molecule has 1 unspecified atom stereocenters. The number of carboxylic acid groups (broad SMARTS) is 1. The molecule has 1 atom stereocenters. The summed E-state index contributed by atoms with van der Waals surface area (Å²) in [5.41, 5.74) is 0. The van der Waals surface area contributed by atoms with Crippen molar-refractivity contribution in [2.75, 3.05) is 18.0 Å². The summed E-state index contributed by atoms with van der Waals surface area (Å²) < 4.78 is 0. The van der Waals surface area contributed by atoms with E-state index in [-0.39, 0.29) is 6.42 Å². The lowest BCUT2D eigenvalue weighted by atomic mass is 10.0. The lowest BCUT2D eigenvalue weighted by Gasteiger charge is -2.14. The molecule has 0 saturated carbocycles. The number of aromatic nitrogens is 1. The molecule has 1 fully saturated rings. The number of hydrogen-bond acceptors (Lipinski definition) is 4. The number of anilines is 1. The van der Waals surface area contributed by atoms with Crippen molar-refractivity contribution in [2.45, 2.75) is 19.3 Å². The molecule has 4 nitrogen and oxygen atoms in total. The van der Waals surface area contributed by atoms with Crippen LogP contribution >= 0.6 is 11.3 Å². The van der Waals surface area contributed by atoms with Crippen molar-refractivity contribution >= 4 is 22.4 Å². The maximum atomic E-state index is 10.4. The molecule has 0 aromatic carbocycles. The summed E-state index contributed by atoms with van der Waals surface area (Å²) in [6.07, 6.45) is 3.98. The van der Waals surface area contributed by atoms with Gasteiger partial charge < -0.3 is 10.0 Å². The van der Waals surface area contributed by atoms with Gasteiger partial charge in [-0.1, -0.05) is 0 Å². The molecule has 15 heavy (non-hydrogen) atoms. The Bertz CT molecular complexity index is 326. The average molecular weight is 226 g/mol. The fraction of sp³-hybridized carbons (Fsp3) is 0.600. The second kappa shape index (κ2) is 4.61. The molecule has 1 N–H and O–H groups in total. The van der Waals surface area contributed by atoms with E-state index in [1.54, 1.807) is 11.3 Å². The first-order valence-corrected chi connectivity index (χ1v) is 6.00. The average Bonchev–Trinajstić information content (AvgIpc) is 2.85. The molecule has 0 spiro atoms. The van der Waals surface area contributed by atoms with E-state index in [1.807, 2.05) is 11.6 Å². The van der Waals surface area contributed by atoms with E-state index in [0.717, 1.165) is 31.1 Å². The van der Waals surface area contributed by atoms with Crippen molar-refractivity contribution in [3.8, 4) is 0 Å². The highest BCUT2D eigenvalue weighted by molar-refractivity contribution is 7.13. The Hall–Kier alpha value is -1.10. The zero-order chi connectivity index (χ0) is 10.7. The van der Waals surface area contributed by atoms with Gasteiger partial charge in [0.05, 0.1) is 0 Å². The smallest absolute Gasteiger partial charge is 0.303 e. The van der Waals surface area contributed by atoms with Crippen molar-refractivity contribution in [3.63, 3.8) is 0 Å². The molecular weight excluding hydrogens is 212 g/mol. The van der Waals surface area contributed by atoms with Crippen molar-refractivity contribution in [3.05, 3.63) is 11.6 Å². The van der Waals surface area contributed by atoms with Crippen LogP contribution < -0.4 is 4.90 Å². The number of rotatable bonds is 4. The van der Waals surface area contributed by atoms with Crippen molar-refractivity contribution in [1.29, 1.82) is 0 Å². The van der Waals surface area contributed by atoms with E-state index < -0.39 is 5.97 Å². The standard InChI is InChI=1S/C10H14N2O2S/c13-9(14)2-1-8-3-5-12(7-8)10-11-4-6-15-10/h4,6,8H,1-3,5,7H2,(H,13,14). The normalized spacial score (nSPS) is 20.8. The minimum Gasteiger partial charge on any atom is -0.481 e. The highest BCUT2D eigenvalue weighted by atomic mass is 32.1. The van der Waals surface area contributed by atoms with E-state index in [0.29, 0.717) is 5.92 Å². The SMILES string of the molecule is O=C(O)CCC1CCN(c2nccs2)C1. The van der Waals surface area contributed by atoms with Crippen LogP contribution in [0.15, 0.2) is 11.6 Å². The Kier molecular flexibility index (Phi) is 3.20. The molecule has 0 amide bonds. The van der Waals surface area contributed by atoms with Crippen molar-refractivity contribution < 1.29 is 9.90 Å². The Morgan fingerprint density at radius 2 is 2.60 bits per heavy atom. The number of hydrogen-bond donors (Lipinski definition) is 1. The first-order valence-electron chi connectivity index (χ1n) is 5.12. The Balaban J connectivity index is 1.82. The molecule has 2 heterocycles. The summed E-state index contributed by atoms with van der Waals surface area (Å²) in [4.78, 5) is 16.9. The number of aliphatic carboxylic acids is 1.